The Labute approximate surface area is 85.8 Å². The zero-order valence-corrected chi connectivity index (χ0v) is 8.96. The Bertz CT molecular complexity index is 176. The van der Waals surface area contributed by atoms with Gasteiger partial charge in [0, 0.05) is 6.04 Å². The summed E-state index contributed by atoms with van der Waals surface area (Å²) in [6, 6.07) is 0.530. The molecule has 1 fully saturated rings. The normalized spacial score (nSPS) is 23.4. The van der Waals surface area contributed by atoms with E-state index < -0.39 is 0 Å². The molecule has 0 aromatic carbocycles. The number of hydrogen-bond donors (Lipinski definition) is 2. The van der Waals surface area contributed by atoms with Crippen molar-refractivity contribution in [2.24, 2.45) is 5.73 Å². The van der Waals surface area contributed by atoms with Crippen molar-refractivity contribution in [2.45, 2.75) is 32.2 Å². The van der Waals surface area contributed by atoms with Gasteiger partial charge in [-0.15, -0.1) is 0 Å². The maximum Gasteiger partial charge on any atom is 0.231 e. The average molecular weight is 199 g/mol. The third kappa shape index (κ3) is 3.64. The lowest BCUT2D eigenvalue weighted by Crippen LogP contribution is -2.41. The number of hydrogen-bond acceptors (Lipinski definition) is 3. The molecule has 1 aliphatic rings. The van der Waals surface area contributed by atoms with Crippen LogP contribution in [0.15, 0.2) is 0 Å². The predicted octanol–water partition coefficient (Wildman–Crippen LogP) is -0.0643. The van der Waals surface area contributed by atoms with Crippen molar-refractivity contribution in [1.29, 1.82) is 0 Å². The zero-order chi connectivity index (χ0) is 10.4. The van der Waals surface area contributed by atoms with Gasteiger partial charge in [-0.05, 0) is 38.9 Å². The number of carbonyl (C=O) groups is 1. The van der Waals surface area contributed by atoms with Crippen molar-refractivity contribution in [1.82, 2.24) is 10.2 Å². The second-order valence-corrected chi connectivity index (χ2v) is 3.86. The first-order valence-electron chi connectivity index (χ1n) is 5.47. The molecular formula is C10H21N3O. The SMILES string of the molecule is CCN(CC(N)=O)C1CCCNCC1. The van der Waals surface area contributed by atoms with Crippen LogP contribution in [0.1, 0.15) is 26.2 Å². The number of likely N-dealkylation sites (N-methyl/N-ethyl adjacent to an activating group) is 1. The van der Waals surface area contributed by atoms with Gasteiger partial charge < -0.3 is 11.1 Å². The van der Waals surface area contributed by atoms with E-state index in [9.17, 15) is 4.79 Å². The Morgan fingerprint density at radius 2 is 2.29 bits per heavy atom. The molecule has 0 saturated carbocycles. The summed E-state index contributed by atoms with van der Waals surface area (Å²) in [6.07, 6.45) is 3.50. The fraction of sp³-hybridized carbons (Fsp3) is 0.900. The Kier molecular flexibility index (Phi) is 4.90. The second-order valence-electron chi connectivity index (χ2n) is 3.86. The van der Waals surface area contributed by atoms with Crippen LogP contribution in [0.3, 0.4) is 0 Å². The van der Waals surface area contributed by atoms with Crippen molar-refractivity contribution in [3.63, 3.8) is 0 Å². The van der Waals surface area contributed by atoms with E-state index in [1.165, 1.54) is 12.8 Å². The van der Waals surface area contributed by atoms with Gasteiger partial charge in [0.15, 0.2) is 0 Å². The number of primary amides is 1. The van der Waals surface area contributed by atoms with E-state index in [1.807, 2.05) is 0 Å². The van der Waals surface area contributed by atoms with Gasteiger partial charge in [-0.1, -0.05) is 6.92 Å². The van der Waals surface area contributed by atoms with Gasteiger partial charge in [0.05, 0.1) is 6.54 Å². The van der Waals surface area contributed by atoms with Crippen LogP contribution < -0.4 is 11.1 Å². The average Bonchev–Trinajstić information content (AvgIpc) is 2.41. The summed E-state index contributed by atoms with van der Waals surface area (Å²) in [7, 11) is 0. The number of nitrogens with two attached hydrogens (primary N) is 1. The predicted molar refractivity (Wildman–Crippen MR) is 57.0 cm³/mol. The van der Waals surface area contributed by atoms with Crippen LogP contribution in [0, 0.1) is 0 Å². The maximum atomic E-state index is 10.9. The third-order valence-corrected chi connectivity index (χ3v) is 2.83. The van der Waals surface area contributed by atoms with Crippen LogP contribution in [0.2, 0.25) is 0 Å². The number of nitrogens with one attached hydrogen (secondary N) is 1. The first-order valence-corrected chi connectivity index (χ1v) is 5.47. The summed E-state index contributed by atoms with van der Waals surface area (Å²) in [5.41, 5.74) is 5.22. The molecular weight excluding hydrogens is 178 g/mol. The number of nitrogens with zero attached hydrogens (tertiary/aromatic N) is 1. The zero-order valence-electron chi connectivity index (χ0n) is 8.96. The van der Waals surface area contributed by atoms with E-state index >= 15 is 0 Å². The van der Waals surface area contributed by atoms with Crippen molar-refractivity contribution >= 4 is 5.91 Å². The van der Waals surface area contributed by atoms with Gasteiger partial charge in [0.1, 0.15) is 0 Å². The number of carbonyl (C=O) groups excluding carboxylic acids is 1. The van der Waals surface area contributed by atoms with Crippen LogP contribution >= 0.6 is 0 Å². The molecule has 1 aliphatic heterocycles. The molecule has 14 heavy (non-hydrogen) atoms. The monoisotopic (exact) mass is 199 g/mol. The van der Waals surface area contributed by atoms with Crippen molar-refractivity contribution < 1.29 is 4.79 Å². The molecule has 3 N–H and O–H groups in total. The Morgan fingerprint density at radius 1 is 1.50 bits per heavy atom. The van der Waals surface area contributed by atoms with Crippen LogP contribution in [0.5, 0.6) is 0 Å². The molecule has 0 aromatic heterocycles. The van der Waals surface area contributed by atoms with E-state index in [0.717, 1.165) is 26.1 Å². The maximum absolute atomic E-state index is 10.9. The first kappa shape index (κ1) is 11.5. The van der Waals surface area contributed by atoms with Crippen LogP contribution in [0.4, 0.5) is 0 Å². The molecule has 1 rings (SSSR count). The Morgan fingerprint density at radius 3 is 2.93 bits per heavy atom. The molecule has 4 heteroatoms. The molecule has 1 amide bonds. The smallest absolute Gasteiger partial charge is 0.231 e. The summed E-state index contributed by atoms with van der Waals surface area (Å²) in [5.74, 6) is -0.218. The van der Waals surface area contributed by atoms with E-state index in [2.05, 4.69) is 17.1 Å². The van der Waals surface area contributed by atoms with Gasteiger partial charge in [0.2, 0.25) is 5.91 Å². The van der Waals surface area contributed by atoms with Gasteiger partial charge in [-0.3, -0.25) is 9.69 Å². The molecule has 1 saturated heterocycles. The van der Waals surface area contributed by atoms with Crippen LogP contribution in [-0.4, -0.2) is 43.0 Å². The lowest BCUT2D eigenvalue weighted by atomic mass is 10.1. The summed E-state index contributed by atoms with van der Waals surface area (Å²) in [5, 5.41) is 3.37. The van der Waals surface area contributed by atoms with Crippen molar-refractivity contribution in [3.05, 3.63) is 0 Å². The second kappa shape index (κ2) is 5.98. The largest absolute Gasteiger partial charge is 0.369 e. The molecule has 0 aliphatic carbocycles. The van der Waals surface area contributed by atoms with E-state index in [1.54, 1.807) is 0 Å². The van der Waals surface area contributed by atoms with Gasteiger partial charge in [-0.2, -0.15) is 0 Å². The number of amides is 1. The highest BCUT2D eigenvalue weighted by Crippen LogP contribution is 2.12. The van der Waals surface area contributed by atoms with Crippen molar-refractivity contribution in [2.75, 3.05) is 26.2 Å². The first-order chi connectivity index (χ1) is 6.74. The van der Waals surface area contributed by atoms with Crippen LogP contribution in [-0.2, 0) is 4.79 Å². The fourth-order valence-electron chi connectivity index (χ4n) is 2.07. The lowest BCUT2D eigenvalue weighted by Gasteiger charge is -2.28. The quantitative estimate of drug-likeness (QED) is 0.666. The molecule has 1 atom stereocenters. The Balaban J connectivity index is 2.44. The molecule has 0 bridgehead atoms. The standard InChI is InChI=1S/C10H21N3O/c1-2-13(8-10(11)14)9-4-3-6-12-7-5-9/h9,12H,2-8H2,1H3,(H2,11,14). The summed E-state index contributed by atoms with van der Waals surface area (Å²) < 4.78 is 0. The highest BCUT2D eigenvalue weighted by atomic mass is 16.1. The third-order valence-electron chi connectivity index (χ3n) is 2.83. The molecule has 82 valence electrons. The van der Waals surface area contributed by atoms with Gasteiger partial charge >= 0.3 is 0 Å². The highest BCUT2D eigenvalue weighted by molar-refractivity contribution is 5.75. The minimum Gasteiger partial charge on any atom is -0.369 e. The topological polar surface area (TPSA) is 58.4 Å². The highest BCUT2D eigenvalue weighted by Gasteiger charge is 2.19. The molecule has 0 radical (unpaired) electrons. The molecule has 1 unspecified atom stereocenters. The van der Waals surface area contributed by atoms with Crippen LogP contribution in [0.25, 0.3) is 0 Å². The summed E-state index contributed by atoms with van der Waals surface area (Å²) >= 11 is 0. The van der Waals surface area contributed by atoms with E-state index in [4.69, 9.17) is 5.73 Å². The molecule has 1 heterocycles. The minimum absolute atomic E-state index is 0.218. The van der Waals surface area contributed by atoms with E-state index in [-0.39, 0.29) is 5.91 Å². The van der Waals surface area contributed by atoms with Gasteiger partial charge in [0.25, 0.3) is 0 Å². The summed E-state index contributed by atoms with van der Waals surface area (Å²) in [4.78, 5) is 13.1. The van der Waals surface area contributed by atoms with Crippen molar-refractivity contribution in [3.8, 4) is 0 Å². The van der Waals surface area contributed by atoms with Gasteiger partial charge in [-0.25, -0.2) is 0 Å². The Hall–Kier alpha value is -0.610. The number of rotatable bonds is 4. The molecule has 0 aromatic rings. The van der Waals surface area contributed by atoms with E-state index in [0.29, 0.717) is 12.6 Å². The molecule has 0 spiro atoms. The fourth-order valence-corrected chi connectivity index (χ4v) is 2.07. The lowest BCUT2D eigenvalue weighted by molar-refractivity contribution is -0.119. The molecule has 4 nitrogen and oxygen atoms in total. The summed E-state index contributed by atoms with van der Waals surface area (Å²) in [6.45, 7) is 5.56. The minimum atomic E-state index is -0.218.